The Morgan fingerprint density at radius 3 is 2.53 bits per heavy atom. The molecule has 0 aromatic carbocycles. The molecule has 2 saturated heterocycles. The van der Waals surface area contributed by atoms with Crippen LogP contribution in [0.3, 0.4) is 0 Å². The van der Waals surface area contributed by atoms with Crippen molar-refractivity contribution in [1.29, 1.82) is 0 Å². The molecule has 19 heavy (non-hydrogen) atoms. The highest BCUT2D eigenvalue weighted by Gasteiger charge is 2.44. The van der Waals surface area contributed by atoms with E-state index in [1.807, 2.05) is 0 Å². The average molecular weight is 269 g/mol. The topological polar surface area (TPSA) is 104 Å². The first-order valence-corrected chi connectivity index (χ1v) is 6.43. The Bertz CT molecular complexity index is 425. The van der Waals surface area contributed by atoms with Crippen LogP contribution in [0.4, 0.5) is 4.79 Å². The normalized spacial score (nSPS) is 30.7. The number of carboxylic acid groups (broad SMARTS) is 1. The van der Waals surface area contributed by atoms with Crippen LogP contribution in [-0.4, -0.2) is 58.5 Å². The van der Waals surface area contributed by atoms with E-state index in [-0.39, 0.29) is 12.6 Å². The molecule has 2 fully saturated rings. The van der Waals surface area contributed by atoms with Crippen LogP contribution in [-0.2, 0) is 9.59 Å². The van der Waals surface area contributed by atoms with Crippen molar-refractivity contribution in [1.82, 2.24) is 9.80 Å². The lowest BCUT2D eigenvalue weighted by Gasteiger charge is -2.28. The first kappa shape index (κ1) is 13.6. The first-order valence-electron chi connectivity index (χ1n) is 6.43. The molecular weight excluding hydrogens is 250 g/mol. The van der Waals surface area contributed by atoms with Gasteiger partial charge in [0.2, 0.25) is 5.91 Å². The van der Waals surface area contributed by atoms with E-state index in [2.05, 4.69) is 0 Å². The fourth-order valence-electron chi connectivity index (χ4n) is 2.77. The minimum atomic E-state index is -0.893. The lowest BCUT2D eigenvalue weighted by Crippen LogP contribution is -2.49. The van der Waals surface area contributed by atoms with Gasteiger partial charge in [0.1, 0.15) is 6.04 Å². The number of rotatable bonds is 2. The Morgan fingerprint density at radius 1 is 1.32 bits per heavy atom. The summed E-state index contributed by atoms with van der Waals surface area (Å²) in [5.41, 5.74) is 4.39. The summed E-state index contributed by atoms with van der Waals surface area (Å²) in [4.78, 5) is 37.7. The molecule has 2 heterocycles. The standard InChI is InChI=1S/C12H19N3O4/c1-12(10(17)18)4-6-14(7-12)11(19)15-5-2-3-8(15)9(13)16/h8H,2-7H2,1H3,(H2,13,16)(H,17,18). The number of primary amides is 1. The molecule has 0 saturated carbocycles. The third-order valence-corrected chi connectivity index (χ3v) is 4.09. The summed E-state index contributed by atoms with van der Waals surface area (Å²) in [6.07, 6.45) is 1.78. The van der Waals surface area contributed by atoms with Gasteiger partial charge in [-0.1, -0.05) is 0 Å². The Hall–Kier alpha value is -1.79. The highest BCUT2D eigenvalue weighted by atomic mass is 16.4. The van der Waals surface area contributed by atoms with E-state index in [4.69, 9.17) is 10.8 Å². The van der Waals surface area contributed by atoms with Gasteiger partial charge in [-0.05, 0) is 26.2 Å². The second-order valence-corrected chi connectivity index (χ2v) is 5.57. The third-order valence-electron chi connectivity index (χ3n) is 4.09. The van der Waals surface area contributed by atoms with Gasteiger partial charge in [-0.15, -0.1) is 0 Å². The maximum absolute atomic E-state index is 12.3. The predicted molar refractivity (Wildman–Crippen MR) is 66.3 cm³/mol. The Balaban J connectivity index is 2.06. The number of hydrogen-bond donors (Lipinski definition) is 2. The monoisotopic (exact) mass is 269 g/mol. The summed E-state index contributed by atoms with van der Waals surface area (Å²) in [6, 6.07) is -0.824. The molecule has 0 spiro atoms. The van der Waals surface area contributed by atoms with Gasteiger partial charge in [-0.2, -0.15) is 0 Å². The number of likely N-dealkylation sites (tertiary alicyclic amines) is 2. The van der Waals surface area contributed by atoms with Gasteiger partial charge in [-0.25, -0.2) is 4.79 Å². The highest BCUT2D eigenvalue weighted by Crippen LogP contribution is 2.31. The van der Waals surface area contributed by atoms with Crippen molar-refractivity contribution in [3.8, 4) is 0 Å². The zero-order chi connectivity index (χ0) is 14.2. The van der Waals surface area contributed by atoms with Crippen LogP contribution in [0.2, 0.25) is 0 Å². The number of urea groups is 1. The van der Waals surface area contributed by atoms with E-state index in [1.165, 1.54) is 9.80 Å². The van der Waals surface area contributed by atoms with Crippen LogP contribution in [0.5, 0.6) is 0 Å². The fourth-order valence-corrected chi connectivity index (χ4v) is 2.77. The van der Waals surface area contributed by atoms with Gasteiger partial charge in [0.05, 0.1) is 5.41 Å². The Labute approximate surface area is 111 Å². The third kappa shape index (κ3) is 2.36. The molecule has 0 bridgehead atoms. The molecule has 0 radical (unpaired) electrons. The maximum atomic E-state index is 12.3. The molecule has 2 aliphatic rings. The Morgan fingerprint density at radius 2 is 2.00 bits per heavy atom. The van der Waals surface area contributed by atoms with Crippen molar-refractivity contribution in [2.24, 2.45) is 11.1 Å². The van der Waals surface area contributed by atoms with Crippen LogP contribution >= 0.6 is 0 Å². The van der Waals surface area contributed by atoms with Crippen LogP contribution < -0.4 is 5.73 Å². The number of carboxylic acids is 1. The van der Waals surface area contributed by atoms with Crippen molar-refractivity contribution in [3.05, 3.63) is 0 Å². The summed E-state index contributed by atoms with van der Waals surface area (Å²) in [6.45, 7) is 2.73. The molecule has 0 aromatic rings. The second kappa shape index (κ2) is 4.71. The second-order valence-electron chi connectivity index (χ2n) is 5.57. The molecule has 106 valence electrons. The fraction of sp³-hybridized carbons (Fsp3) is 0.750. The summed E-state index contributed by atoms with van der Waals surface area (Å²) < 4.78 is 0. The largest absolute Gasteiger partial charge is 0.481 e. The minimum Gasteiger partial charge on any atom is -0.481 e. The van der Waals surface area contributed by atoms with Gasteiger partial charge in [0.15, 0.2) is 0 Å². The summed E-state index contributed by atoms with van der Waals surface area (Å²) in [5, 5.41) is 9.15. The van der Waals surface area contributed by atoms with Crippen LogP contribution in [0.15, 0.2) is 0 Å². The summed E-state index contributed by atoms with van der Waals surface area (Å²) in [5.74, 6) is -1.39. The molecule has 7 nitrogen and oxygen atoms in total. The minimum absolute atomic E-state index is 0.184. The molecule has 2 rings (SSSR count). The molecule has 2 unspecified atom stereocenters. The smallest absolute Gasteiger partial charge is 0.320 e. The Kier molecular flexibility index (Phi) is 3.38. The highest BCUT2D eigenvalue weighted by molar-refractivity contribution is 5.87. The van der Waals surface area contributed by atoms with Crippen molar-refractivity contribution in [2.75, 3.05) is 19.6 Å². The lowest BCUT2D eigenvalue weighted by molar-refractivity contribution is -0.147. The van der Waals surface area contributed by atoms with Gasteiger partial charge >= 0.3 is 12.0 Å². The van der Waals surface area contributed by atoms with E-state index in [0.29, 0.717) is 25.9 Å². The van der Waals surface area contributed by atoms with E-state index in [9.17, 15) is 14.4 Å². The lowest BCUT2D eigenvalue weighted by atomic mass is 9.90. The predicted octanol–water partition coefficient (Wildman–Crippen LogP) is -0.147. The molecule has 0 aliphatic carbocycles. The molecule has 2 atom stereocenters. The maximum Gasteiger partial charge on any atom is 0.320 e. The number of nitrogens with two attached hydrogens (primary N) is 1. The summed E-state index contributed by atoms with van der Waals surface area (Å²) in [7, 11) is 0. The molecule has 3 N–H and O–H groups in total. The van der Waals surface area contributed by atoms with Crippen LogP contribution in [0.25, 0.3) is 0 Å². The van der Waals surface area contributed by atoms with Crippen molar-refractivity contribution in [2.45, 2.75) is 32.2 Å². The van der Waals surface area contributed by atoms with Gasteiger partial charge < -0.3 is 20.6 Å². The number of carbonyl (C=O) groups excluding carboxylic acids is 2. The molecule has 7 heteroatoms. The van der Waals surface area contributed by atoms with Gasteiger partial charge in [0, 0.05) is 19.6 Å². The quantitative estimate of drug-likeness (QED) is 0.727. The average Bonchev–Trinajstić information content (AvgIpc) is 2.95. The van der Waals surface area contributed by atoms with E-state index < -0.39 is 23.3 Å². The number of aliphatic carboxylic acids is 1. The van der Waals surface area contributed by atoms with Crippen molar-refractivity contribution in [3.63, 3.8) is 0 Å². The zero-order valence-electron chi connectivity index (χ0n) is 11.0. The first-order chi connectivity index (χ1) is 8.85. The van der Waals surface area contributed by atoms with E-state index >= 15 is 0 Å². The van der Waals surface area contributed by atoms with Crippen molar-refractivity contribution >= 4 is 17.9 Å². The number of carbonyl (C=O) groups is 3. The zero-order valence-corrected chi connectivity index (χ0v) is 11.0. The number of hydrogen-bond acceptors (Lipinski definition) is 3. The van der Waals surface area contributed by atoms with E-state index in [1.54, 1.807) is 6.92 Å². The number of amides is 3. The number of nitrogens with zero attached hydrogens (tertiary/aromatic N) is 2. The summed E-state index contributed by atoms with van der Waals surface area (Å²) >= 11 is 0. The SMILES string of the molecule is CC1(C(=O)O)CCN(C(=O)N2CCCC2C(N)=O)C1. The van der Waals surface area contributed by atoms with Gasteiger partial charge in [0.25, 0.3) is 0 Å². The molecular formula is C12H19N3O4. The van der Waals surface area contributed by atoms with Crippen LogP contribution in [0.1, 0.15) is 26.2 Å². The van der Waals surface area contributed by atoms with E-state index in [0.717, 1.165) is 6.42 Å². The molecule has 0 aromatic heterocycles. The van der Waals surface area contributed by atoms with Gasteiger partial charge in [-0.3, -0.25) is 9.59 Å². The van der Waals surface area contributed by atoms with Crippen LogP contribution in [0, 0.1) is 5.41 Å². The molecule has 2 aliphatic heterocycles. The van der Waals surface area contributed by atoms with Crippen molar-refractivity contribution < 1.29 is 19.5 Å². The molecule has 3 amide bonds.